The summed E-state index contributed by atoms with van der Waals surface area (Å²) in [4.78, 5) is 10.5. The fraction of sp³-hybridized carbons (Fsp3) is 0.857. The molecule has 0 heterocycles. The second-order valence-corrected chi connectivity index (χ2v) is 3.05. The van der Waals surface area contributed by atoms with Gasteiger partial charge in [0.05, 0.1) is 0 Å². The molecule has 0 spiro atoms. The monoisotopic (exact) mass is 170 g/mol. The van der Waals surface area contributed by atoms with Gasteiger partial charge < -0.3 is 0 Å². The first kappa shape index (κ1) is 13.1. The van der Waals surface area contributed by atoms with Crippen molar-refractivity contribution in [3.63, 3.8) is 0 Å². The molecule has 0 fully saturated rings. The van der Waals surface area contributed by atoms with Crippen molar-refractivity contribution in [2.45, 2.75) is 34.4 Å². The van der Waals surface area contributed by atoms with Crippen LogP contribution in [0.25, 0.3) is 0 Å². The summed E-state index contributed by atoms with van der Waals surface area (Å²) < 4.78 is 29.0. The molecule has 0 aliphatic heterocycles. The van der Waals surface area contributed by atoms with E-state index in [1.54, 1.807) is 6.92 Å². The highest BCUT2D eigenvalue weighted by atomic mass is 19.4. The van der Waals surface area contributed by atoms with Crippen LogP contribution in [0.15, 0.2) is 0 Å². The minimum atomic E-state index is -3.67. The van der Waals surface area contributed by atoms with Gasteiger partial charge in [-0.05, 0) is 6.92 Å². The minimum Gasteiger partial charge on any atom is -0.299 e. The lowest BCUT2D eigenvalue weighted by Crippen LogP contribution is -2.15. The molecule has 0 aliphatic rings. The molecule has 4 heteroatoms. The van der Waals surface area contributed by atoms with Crippen LogP contribution in [0.5, 0.6) is 0 Å². The quantitative estimate of drug-likeness (QED) is 0.546. The van der Waals surface area contributed by atoms with Gasteiger partial charge in [0.1, 0.15) is 5.78 Å². The molecule has 0 saturated carbocycles. The summed E-state index contributed by atoms with van der Waals surface area (Å²) in [5.41, 5.74) is -0.139. The Morgan fingerprint density at radius 1 is 1.18 bits per heavy atom. The maximum Gasteiger partial charge on any atom is 0.379 e. The van der Waals surface area contributed by atoms with E-state index in [4.69, 9.17) is 0 Å². The van der Waals surface area contributed by atoms with Gasteiger partial charge in [-0.1, -0.05) is 20.8 Å². The van der Waals surface area contributed by atoms with Gasteiger partial charge in [0.2, 0.25) is 0 Å². The summed E-state index contributed by atoms with van der Waals surface area (Å²) in [6, 6.07) is 0. The summed E-state index contributed by atoms with van der Waals surface area (Å²) in [5, 5.41) is 0. The van der Waals surface area contributed by atoms with E-state index in [0.717, 1.165) is 0 Å². The molecule has 0 saturated heterocycles. The van der Waals surface area contributed by atoms with E-state index in [1.807, 2.05) is 20.8 Å². The molecule has 1 nitrogen and oxygen atoms in total. The Morgan fingerprint density at radius 3 is 1.27 bits per heavy atom. The molecular weight excluding hydrogens is 157 g/mol. The number of hydrogen-bond acceptors (Lipinski definition) is 1. The molecule has 68 valence electrons. The highest BCUT2D eigenvalue weighted by molar-refractivity contribution is 5.80. The molecule has 0 atom stereocenters. The number of carbonyl (C=O) groups is 1. The molecule has 0 bridgehead atoms. The summed E-state index contributed by atoms with van der Waals surface area (Å²) >= 11 is 0. The van der Waals surface area contributed by atoms with Crippen LogP contribution in [0.3, 0.4) is 0 Å². The average molecular weight is 170 g/mol. The maximum absolute atomic E-state index is 10.5. The van der Waals surface area contributed by atoms with E-state index in [2.05, 4.69) is 0 Å². The third kappa shape index (κ3) is 17.7. The lowest BCUT2D eigenvalue weighted by Gasteiger charge is -2.11. The minimum absolute atomic E-state index is 0.139. The van der Waals surface area contributed by atoms with Crippen molar-refractivity contribution in [2.75, 3.05) is 0 Å². The number of rotatable bonds is 0. The van der Waals surface area contributed by atoms with Crippen LogP contribution in [0.2, 0.25) is 0 Å². The molecule has 0 aromatic carbocycles. The van der Waals surface area contributed by atoms with Gasteiger partial charge in [0, 0.05) is 5.41 Å². The van der Waals surface area contributed by atoms with Gasteiger partial charge in [0.25, 0.3) is 0 Å². The first-order chi connectivity index (χ1) is 4.68. The highest BCUT2D eigenvalue weighted by Gasteiger charge is 2.14. The van der Waals surface area contributed by atoms with Gasteiger partial charge in [-0.25, -0.2) is 0 Å². The van der Waals surface area contributed by atoms with Crippen molar-refractivity contribution in [1.82, 2.24) is 0 Å². The maximum atomic E-state index is 10.5. The van der Waals surface area contributed by atoms with Crippen molar-refractivity contribution in [3.8, 4) is 0 Å². The SMILES string of the molecule is CC(=O)C(C)(C)C.FC(F)F. The zero-order chi connectivity index (χ0) is 9.65. The summed E-state index contributed by atoms with van der Waals surface area (Å²) in [6.45, 7) is 3.68. The van der Waals surface area contributed by atoms with Gasteiger partial charge in [-0.15, -0.1) is 0 Å². The predicted octanol–water partition coefficient (Wildman–Crippen LogP) is 2.80. The van der Waals surface area contributed by atoms with E-state index >= 15 is 0 Å². The number of ketones is 1. The van der Waals surface area contributed by atoms with Gasteiger partial charge in [-0.3, -0.25) is 4.79 Å². The van der Waals surface area contributed by atoms with Crippen molar-refractivity contribution >= 4 is 5.78 Å². The molecule has 0 aromatic rings. The van der Waals surface area contributed by atoms with E-state index in [9.17, 15) is 18.0 Å². The molecular formula is C7H13F3O. The Hall–Kier alpha value is -0.540. The Bertz CT molecular complexity index is 113. The first-order valence-corrected chi connectivity index (χ1v) is 3.11. The lowest BCUT2D eigenvalue weighted by molar-refractivity contribution is -0.124. The standard InChI is InChI=1S/C6H12O.CHF3/c1-5(7)6(2,3)4;2-1(3)4/h1-4H3;1H. The molecule has 0 radical (unpaired) electrons. The Labute approximate surface area is 64.6 Å². The topological polar surface area (TPSA) is 17.1 Å². The van der Waals surface area contributed by atoms with Crippen molar-refractivity contribution < 1.29 is 18.0 Å². The second kappa shape index (κ2) is 5.16. The second-order valence-electron chi connectivity index (χ2n) is 3.05. The van der Waals surface area contributed by atoms with Crippen LogP contribution in [0.4, 0.5) is 13.2 Å². The largest absolute Gasteiger partial charge is 0.379 e. The summed E-state index contributed by atoms with van der Waals surface area (Å²) in [6.07, 6.45) is 0. The van der Waals surface area contributed by atoms with Gasteiger partial charge in [-0.2, -0.15) is 13.2 Å². The molecule has 0 N–H and O–H groups in total. The number of Topliss-reactive ketones (excluding diaryl/α,β-unsaturated/α-hetero) is 1. The Kier molecular flexibility index (Phi) is 6.13. The lowest BCUT2D eigenvalue weighted by atomic mass is 9.92. The van der Waals surface area contributed by atoms with Crippen LogP contribution in [-0.4, -0.2) is 12.5 Å². The van der Waals surface area contributed by atoms with Crippen LogP contribution < -0.4 is 0 Å². The van der Waals surface area contributed by atoms with Crippen molar-refractivity contribution in [2.24, 2.45) is 5.41 Å². The molecule has 0 aromatic heterocycles. The third-order valence-electron chi connectivity index (χ3n) is 1.06. The molecule has 0 amide bonds. The highest BCUT2D eigenvalue weighted by Crippen LogP contribution is 2.12. The smallest absolute Gasteiger partial charge is 0.299 e. The van der Waals surface area contributed by atoms with Gasteiger partial charge >= 0.3 is 6.68 Å². The molecule has 0 aliphatic carbocycles. The van der Waals surface area contributed by atoms with E-state index in [1.165, 1.54) is 0 Å². The molecule has 0 unspecified atom stereocenters. The predicted molar refractivity (Wildman–Crippen MR) is 37.2 cm³/mol. The number of alkyl halides is 3. The third-order valence-corrected chi connectivity index (χ3v) is 1.06. The van der Waals surface area contributed by atoms with Crippen LogP contribution in [-0.2, 0) is 4.79 Å². The number of halogens is 3. The summed E-state index contributed by atoms with van der Waals surface area (Å²) in [5.74, 6) is 0.243. The number of hydrogen-bond donors (Lipinski definition) is 0. The zero-order valence-electron chi connectivity index (χ0n) is 7.12. The molecule has 0 rings (SSSR count). The van der Waals surface area contributed by atoms with Crippen LogP contribution in [0, 0.1) is 5.41 Å². The number of carbonyl (C=O) groups excluding carboxylic acids is 1. The summed E-state index contributed by atoms with van der Waals surface area (Å²) in [7, 11) is 0. The Morgan fingerprint density at radius 2 is 1.27 bits per heavy atom. The van der Waals surface area contributed by atoms with E-state index in [0.29, 0.717) is 0 Å². The normalized spacial score (nSPS) is 10.5. The molecule has 11 heavy (non-hydrogen) atoms. The first-order valence-electron chi connectivity index (χ1n) is 3.11. The van der Waals surface area contributed by atoms with E-state index in [-0.39, 0.29) is 11.2 Å². The fourth-order valence-corrected chi connectivity index (χ4v) is 0. The fourth-order valence-electron chi connectivity index (χ4n) is 0. The van der Waals surface area contributed by atoms with Crippen LogP contribution in [0.1, 0.15) is 27.7 Å². The van der Waals surface area contributed by atoms with Crippen molar-refractivity contribution in [1.29, 1.82) is 0 Å². The van der Waals surface area contributed by atoms with Crippen molar-refractivity contribution in [3.05, 3.63) is 0 Å². The van der Waals surface area contributed by atoms with E-state index < -0.39 is 6.68 Å². The average Bonchev–Trinajstić information content (AvgIpc) is 1.59. The van der Waals surface area contributed by atoms with Gasteiger partial charge in [0.15, 0.2) is 0 Å². The Balaban J connectivity index is 0. The van der Waals surface area contributed by atoms with Crippen LogP contribution >= 0.6 is 0 Å². The zero-order valence-corrected chi connectivity index (χ0v) is 7.12.